The molecule has 1 saturated carbocycles. The van der Waals surface area contributed by atoms with Gasteiger partial charge in [0.1, 0.15) is 6.04 Å². The highest BCUT2D eigenvalue weighted by Gasteiger charge is 2.69. The molecule has 3 N–H and O–H groups in total. The monoisotopic (exact) mass is 268 g/mol. The van der Waals surface area contributed by atoms with Gasteiger partial charge in [0.05, 0.1) is 6.04 Å². The van der Waals surface area contributed by atoms with Crippen molar-refractivity contribution in [2.45, 2.75) is 46.7 Å². The number of piperidine rings is 1. The zero-order valence-corrected chi connectivity index (χ0v) is 12.3. The zero-order valence-electron chi connectivity index (χ0n) is 12.3. The van der Waals surface area contributed by atoms with Crippen molar-refractivity contribution in [3.63, 3.8) is 0 Å². The third kappa shape index (κ3) is 2.04. The number of nitrogens with two attached hydrogens (primary N) is 1. The number of carbonyl (C=O) groups excluding carboxylic acids is 1. The van der Waals surface area contributed by atoms with Crippen LogP contribution in [0.1, 0.15) is 34.6 Å². The zero-order chi connectivity index (χ0) is 14.7. The minimum absolute atomic E-state index is 0.0334. The first-order valence-corrected chi connectivity index (χ1v) is 6.78. The van der Waals surface area contributed by atoms with E-state index in [0.29, 0.717) is 12.5 Å². The van der Waals surface area contributed by atoms with Crippen LogP contribution in [0.5, 0.6) is 0 Å². The molecule has 0 spiro atoms. The minimum atomic E-state index is -0.910. The van der Waals surface area contributed by atoms with Gasteiger partial charge in [-0.2, -0.15) is 0 Å². The molecule has 1 heterocycles. The Kier molecular flexibility index (Phi) is 2.97. The lowest BCUT2D eigenvalue weighted by Crippen LogP contribution is -2.55. The summed E-state index contributed by atoms with van der Waals surface area (Å²) in [6.07, 6.45) is 0. The highest BCUT2D eigenvalue weighted by Crippen LogP contribution is 2.64. The molecule has 19 heavy (non-hydrogen) atoms. The van der Waals surface area contributed by atoms with E-state index in [9.17, 15) is 14.7 Å². The van der Waals surface area contributed by atoms with Crippen molar-refractivity contribution in [3.05, 3.63) is 0 Å². The first kappa shape index (κ1) is 14.3. The molecule has 0 aromatic rings. The number of aliphatic carboxylic acids is 1. The van der Waals surface area contributed by atoms with Gasteiger partial charge in [0.15, 0.2) is 0 Å². The molecule has 0 radical (unpaired) electrons. The largest absolute Gasteiger partial charge is 0.480 e. The van der Waals surface area contributed by atoms with Crippen molar-refractivity contribution in [3.8, 4) is 0 Å². The van der Waals surface area contributed by atoms with Crippen molar-refractivity contribution >= 4 is 11.9 Å². The molecule has 1 aliphatic heterocycles. The Balaban J connectivity index is 2.19. The molecule has 5 heteroatoms. The SMILES string of the molecule is CC(C)(C)[C@H](N)C(=O)N1C[C@H]2[C@@H]([C@H]1C(=O)O)C2(C)C. The molecule has 0 aromatic heterocycles. The standard InChI is InChI=1S/C14H24N2O3/c1-13(2,3)10(15)11(17)16-6-7-8(14(7,4)5)9(16)12(18)19/h7-10H,6,15H2,1-5H3,(H,18,19)/t7-,8-,9-,10+/m0/s1. The maximum atomic E-state index is 12.4. The average molecular weight is 268 g/mol. The molecule has 0 unspecified atom stereocenters. The van der Waals surface area contributed by atoms with E-state index in [1.807, 2.05) is 20.8 Å². The molecule has 2 aliphatic rings. The maximum Gasteiger partial charge on any atom is 0.326 e. The quantitative estimate of drug-likeness (QED) is 0.780. The van der Waals surface area contributed by atoms with Gasteiger partial charge in [0, 0.05) is 12.5 Å². The third-order valence-electron chi connectivity index (χ3n) is 4.94. The number of rotatable bonds is 2. The van der Waals surface area contributed by atoms with Crippen LogP contribution in [0, 0.1) is 22.7 Å². The highest BCUT2D eigenvalue weighted by molar-refractivity contribution is 5.89. The van der Waals surface area contributed by atoms with Crippen molar-refractivity contribution in [2.75, 3.05) is 6.54 Å². The molecule has 2 fully saturated rings. The van der Waals surface area contributed by atoms with Gasteiger partial charge in [0.25, 0.3) is 0 Å². The van der Waals surface area contributed by atoms with Crippen LogP contribution in [0.2, 0.25) is 0 Å². The molecule has 0 aromatic carbocycles. The lowest BCUT2D eigenvalue weighted by Gasteiger charge is -2.34. The van der Waals surface area contributed by atoms with Gasteiger partial charge in [-0.25, -0.2) is 4.79 Å². The summed E-state index contributed by atoms with van der Waals surface area (Å²) in [5, 5.41) is 9.41. The predicted octanol–water partition coefficient (Wildman–Crippen LogP) is 0.927. The number of carboxylic acid groups (broad SMARTS) is 1. The van der Waals surface area contributed by atoms with Gasteiger partial charge >= 0.3 is 5.97 Å². The normalized spacial score (nSPS) is 33.8. The van der Waals surface area contributed by atoms with E-state index < -0.39 is 18.1 Å². The fraction of sp³-hybridized carbons (Fsp3) is 0.857. The van der Waals surface area contributed by atoms with Crippen LogP contribution in [0.4, 0.5) is 0 Å². The van der Waals surface area contributed by atoms with Gasteiger partial charge in [-0.3, -0.25) is 4.79 Å². The fourth-order valence-electron chi connectivity index (χ4n) is 3.34. The summed E-state index contributed by atoms with van der Waals surface area (Å²) in [5.41, 5.74) is 5.65. The van der Waals surface area contributed by atoms with Crippen molar-refractivity contribution in [2.24, 2.45) is 28.4 Å². The molecule has 2 rings (SSSR count). The van der Waals surface area contributed by atoms with E-state index >= 15 is 0 Å². The summed E-state index contributed by atoms with van der Waals surface area (Å²) >= 11 is 0. The first-order chi connectivity index (χ1) is 8.49. The summed E-state index contributed by atoms with van der Waals surface area (Å²) in [7, 11) is 0. The van der Waals surface area contributed by atoms with Gasteiger partial charge in [-0.05, 0) is 16.7 Å². The number of amides is 1. The smallest absolute Gasteiger partial charge is 0.326 e. The van der Waals surface area contributed by atoms with E-state index in [2.05, 4.69) is 13.8 Å². The Labute approximate surface area is 114 Å². The molecule has 5 nitrogen and oxygen atoms in total. The Morgan fingerprint density at radius 1 is 1.37 bits per heavy atom. The molecule has 4 atom stereocenters. The summed E-state index contributed by atoms with van der Waals surface area (Å²) in [6.45, 7) is 10.4. The summed E-state index contributed by atoms with van der Waals surface area (Å²) < 4.78 is 0. The molecule has 1 saturated heterocycles. The lowest BCUT2D eigenvalue weighted by atomic mass is 9.86. The average Bonchev–Trinajstić information content (AvgIpc) is 2.65. The predicted molar refractivity (Wildman–Crippen MR) is 71.3 cm³/mol. The second-order valence-corrected chi connectivity index (χ2v) is 7.57. The fourth-order valence-corrected chi connectivity index (χ4v) is 3.34. The number of carbonyl (C=O) groups is 2. The van der Waals surface area contributed by atoms with Crippen LogP contribution in [0.15, 0.2) is 0 Å². The van der Waals surface area contributed by atoms with Crippen LogP contribution in [0.25, 0.3) is 0 Å². The lowest BCUT2D eigenvalue weighted by molar-refractivity contribution is -0.151. The number of hydrogen-bond acceptors (Lipinski definition) is 3. The van der Waals surface area contributed by atoms with E-state index in [0.717, 1.165) is 0 Å². The first-order valence-electron chi connectivity index (χ1n) is 6.78. The summed E-state index contributed by atoms with van der Waals surface area (Å²) in [4.78, 5) is 25.4. The maximum absolute atomic E-state index is 12.4. The number of carboxylic acids is 1. The van der Waals surface area contributed by atoms with Crippen LogP contribution < -0.4 is 5.73 Å². The van der Waals surface area contributed by atoms with Gasteiger partial charge < -0.3 is 15.7 Å². The minimum Gasteiger partial charge on any atom is -0.480 e. The van der Waals surface area contributed by atoms with E-state index in [1.54, 1.807) is 0 Å². The Morgan fingerprint density at radius 2 is 1.89 bits per heavy atom. The molecular weight excluding hydrogens is 244 g/mol. The summed E-state index contributed by atoms with van der Waals surface area (Å²) in [6, 6.07) is -1.36. The third-order valence-corrected chi connectivity index (χ3v) is 4.94. The van der Waals surface area contributed by atoms with E-state index in [4.69, 9.17) is 5.73 Å². The van der Waals surface area contributed by atoms with Crippen LogP contribution >= 0.6 is 0 Å². The van der Waals surface area contributed by atoms with Crippen LogP contribution in [-0.2, 0) is 9.59 Å². The molecule has 1 amide bonds. The van der Waals surface area contributed by atoms with Crippen LogP contribution in [-0.4, -0.2) is 40.5 Å². The number of nitrogens with zero attached hydrogens (tertiary/aromatic N) is 1. The number of fused-ring (bicyclic) bond motifs is 1. The number of hydrogen-bond donors (Lipinski definition) is 2. The second kappa shape index (κ2) is 3.95. The molecule has 1 aliphatic carbocycles. The Hall–Kier alpha value is -1.10. The van der Waals surface area contributed by atoms with Crippen molar-refractivity contribution in [1.82, 2.24) is 4.90 Å². The van der Waals surface area contributed by atoms with Crippen molar-refractivity contribution < 1.29 is 14.7 Å². The Bertz CT molecular complexity index is 425. The van der Waals surface area contributed by atoms with Crippen molar-refractivity contribution in [1.29, 1.82) is 0 Å². The molecule has 0 bridgehead atoms. The van der Waals surface area contributed by atoms with Gasteiger partial charge in [0.2, 0.25) is 5.91 Å². The highest BCUT2D eigenvalue weighted by atomic mass is 16.4. The topological polar surface area (TPSA) is 83.6 Å². The molecule has 108 valence electrons. The number of likely N-dealkylation sites (tertiary alicyclic amines) is 1. The second-order valence-electron chi connectivity index (χ2n) is 7.57. The van der Waals surface area contributed by atoms with E-state index in [-0.39, 0.29) is 22.7 Å². The Morgan fingerprint density at radius 3 is 2.32 bits per heavy atom. The molecular formula is C14H24N2O3. The van der Waals surface area contributed by atoms with Crippen LogP contribution in [0.3, 0.4) is 0 Å². The summed E-state index contributed by atoms with van der Waals surface area (Å²) in [5.74, 6) is -0.777. The van der Waals surface area contributed by atoms with E-state index in [1.165, 1.54) is 4.90 Å². The van der Waals surface area contributed by atoms with Gasteiger partial charge in [-0.1, -0.05) is 34.6 Å². The van der Waals surface area contributed by atoms with Gasteiger partial charge in [-0.15, -0.1) is 0 Å².